The summed E-state index contributed by atoms with van der Waals surface area (Å²) in [5.41, 5.74) is 3.21. The number of hydrogen-bond acceptors (Lipinski definition) is 5. The fraction of sp³-hybridized carbons (Fsp3) is 0.0645. The van der Waals surface area contributed by atoms with Gasteiger partial charge in [-0.15, -0.1) is 0 Å². The van der Waals surface area contributed by atoms with Crippen molar-refractivity contribution in [1.29, 1.82) is 0 Å². The van der Waals surface area contributed by atoms with Gasteiger partial charge in [-0.1, -0.05) is 87.9 Å². The van der Waals surface area contributed by atoms with Gasteiger partial charge in [-0.2, -0.15) is 0 Å². The molecule has 1 atom stereocenters. The molecule has 1 aliphatic rings. The molecule has 6 nitrogen and oxygen atoms in total. The molecule has 6 rings (SSSR count). The first-order valence-electron chi connectivity index (χ1n) is 12.3. The Balaban J connectivity index is 1.44. The van der Waals surface area contributed by atoms with Gasteiger partial charge in [0, 0.05) is 21.8 Å². The molecule has 3 aromatic carbocycles. The number of rotatable bonds is 5. The highest BCUT2D eigenvalue weighted by Gasteiger charge is 2.32. The summed E-state index contributed by atoms with van der Waals surface area (Å²) < 4.78 is 9.11. The van der Waals surface area contributed by atoms with Crippen LogP contribution in [0.25, 0.3) is 17.4 Å². The number of furan rings is 1. The Bertz CT molecular complexity index is 1890. The van der Waals surface area contributed by atoms with Gasteiger partial charge in [-0.05, 0) is 48.9 Å². The zero-order chi connectivity index (χ0) is 26.9. The highest BCUT2D eigenvalue weighted by atomic mass is 79.9. The highest BCUT2D eigenvalue weighted by molar-refractivity contribution is 9.10. The number of nitrogens with one attached hydrogen (secondary N) is 1. The van der Waals surface area contributed by atoms with Crippen LogP contribution in [0.15, 0.2) is 127 Å². The number of carbonyl (C=O) groups is 1. The maximum absolute atomic E-state index is 13.8. The minimum Gasteiger partial charge on any atom is -0.457 e. The lowest BCUT2D eigenvalue weighted by Gasteiger charge is -2.25. The third-order valence-corrected chi connectivity index (χ3v) is 7.95. The fourth-order valence-corrected chi connectivity index (χ4v) is 5.90. The normalized spacial score (nSPS) is 15.1. The summed E-state index contributed by atoms with van der Waals surface area (Å²) in [4.78, 5) is 32.6. The van der Waals surface area contributed by atoms with E-state index in [1.54, 1.807) is 10.6 Å². The van der Waals surface area contributed by atoms with E-state index in [1.807, 2.05) is 104 Å². The van der Waals surface area contributed by atoms with Crippen LogP contribution in [0.3, 0.4) is 0 Å². The third-order valence-electron chi connectivity index (χ3n) is 6.44. The van der Waals surface area contributed by atoms with Crippen LogP contribution in [-0.2, 0) is 4.79 Å². The molecule has 3 heterocycles. The average molecular weight is 597 g/mol. The van der Waals surface area contributed by atoms with Gasteiger partial charge in [-0.3, -0.25) is 14.2 Å². The van der Waals surface area contributed by atoms with Crippen LogP contribution in [0.1, 0.15) is 24.3 Å². The minimum absolute atomic E-state index is 0.230. The number of allylic oxidation sites excluding steroid dienone is 1. The predicted octanol–water partition coefficient (Wildman–Crippen LogP) is 5.90. The lowest BCUT2D eigenvalue weighted by atomic mass is 9.95. The molecule has 0 fully saturated rings. The fourth-order valence-electron chi connectivity index (χ4n) is 4.61. The van der Waals surface area contributed by atoms with Crippen LogP contribution < -0.4 is 20.2 Å². The second-order valence-electron chi connectivity index (χ2n) is 9.02. The molecule has 2 aromatic heterocycles. The maximum atomic E-state index is 13.8. The average Bonchev–Trinajstić information content (AvgIpc) is 3.53. The van der Waals surface area contributed by atoms with Gasteiger partial charge in [0.2, 0.25) is 0 Å². The van der Waals surface area contributed by atoms with Crippen molar-refractivity contribution in [2.24, 2.45) is 4.99 Å². The van der Waals surface area contributed by atoms with E-state index in [1.165, 1.54) is 11.3 Å². The number of amides is 1. The molecule has 0 aliphatic carbocycles. The first-order valence-corrected chi connectivity index (χ1v) is 13.9. The van der Waals surface area contributed by atoms with Crippen molar-refractivity contribution in [3.8, 4) is 11.3 Å². The number of para-hydroxylation sites is 1. The van der Waals surface area contributed by atoms with Crippen LogP contribution in [0.4, 0.5) is 5.69 Å². The zero-order valence-corrected chi connectivity index (χ0v) is 23.2. The van der Waals surface area contributed by atoms with Crippen molar-refractivity contribution in [1.82, 2.24) is 4.57 Å². The molecule has 0 saturated heterocycles. The molecule has 5 aromatic rings. The summed E-state index contributed by atoms with van der Waals surface area (Å²) in [5.74, 6) is 0.974. The number of halogens is 1. The van der Waals surface area contributed by atoms with E-state index in [4.69, 9.17) is 9.41 Å². The van der Waals surface area contributed by atoms with Gasteiger partial charge in [0.1, 0.15) is 11.5 Å². The Morgan fingerprint density at radius 3 is 2.38 bits per heavy atom. The molecule has 1 amide bonds. The van der Waals surface area contributed by atoms with E-state index in [2.05, 4.69) is 21.2 Å². The molecule has 0 bridgehead atoms. The molecule has 1 unspecified atom stereocenters. The second-order valence-corrected chi connectivity index (χ2v) is 10.9. The molecule has 1 aliphatic heterocycles. The molecule has 0 spiro atoms. The van der Waals surface area contributed by atoms with Crippen LogP contribution in [0.5, 0.6) is 0 Å². The van der Waals surface area contributed by atoms with Crippen molar-refractivity contribution < 1.29 is 9.21 Å². The molecule has 39 heavy (non-hydrogen) atoms. The summed E-state index contributed by atoms with van der Waals surface area (Å²) in [6.45, 7) is 1.81. The van der Waals surface area contributed by atoms with E-state index < -0.39 is 6.04 Å². The van der Waals surface area contributed by atoms with E-state index in [-0.39, 0.29) is 11.5 Å². The van der Waals surface area contributed by atoms with Gasteiger partial charge in [0.05, 0.1) is 21.8 Å². The van der Waals surface area contributed by atoms with E-state index in [0.717, 1.165) is 15.6 Å². The lowest BCUT2D eigenvalue weighted by Crippen LogP contribution is -2.40. The number of nitrogens with zero attached hydrogens (tertiary/aromatic N) is 2. The van der Waals surface area contributed by atoms with Crippen LogP contribution in [0.2, 0.25) is 0 Å². The molecular formula is C31H22BrN3O3S. The smallest absolute Gasteiger partial charge is 0.271 e. The van der Waals surface area contributed by atoms with Crippen LogP contribution in [-0.4, -0.2) is 10.5 Å². The first kappa shape index (κ1) is 25.0. The van der Waals surface area contributed by atoms with E-state index in [0.29, 0.717) is 37.8 Å². The van der Waals surface area contributed by atoms with Gasteiger partial charge < -0.3 is 9.73 Å². The Hall–Kier alpha value is -4.27. The number of aromatic nitrogens is 1. The van der Waals surface area contributed by atoms with E-state index in [9.17, 15) is 9.59 Å². The predicted molar refractivity (Wildman–Crippen MR) is 157 cm³/mol. The lowest BCUT2D eigenvalue weighted by molar-refractivity contribution is -0.113. The molecule has 0 saturated carbocycles. The van der Waals surface area contributed by atoms with Crippen molar-refractivity contribution >= 4 is 44.9 Å². The zero-order valence-electron chi connectivity index (χ0n) is 20.8. The maximum Gasteiger partial charge on any atom is 0.271 e. The highest BCUT2D eigenvalue weighted by Crippen LogP contribution is 2.31. The quantitative estimate of drug-likeness (QED) is 0.275. The number of anilines is 1. The van der Waals surface area contributed by atoms with Gasteiger partial charge in [0.15, 0.2) is 4.80 Å². The third kappa shape index (κ3) is 4.96. The Morgan fingerprint density at radius 1 is 0.974 bits per heavy atom. The molecule has 192 valence electrons. The summed E-state index contributed by atoms with van der Waals surface area (Å²) in [5, 5.41) is 2.97. The summed E-state index contributed by atoms with van der Waals surface area (Å²) >= 11 is 4.73. The number of benzene rings is 3. The van der Waals surface area contributed by atoms with Crippen molar-refractivity contribution in [2.45, 2.75) is 13.0 Å². The second kappa shape index (κ2) is 10.5. The van der Waals surface area contributed by atoms with Crippen LogP contribution in [0, 0.1) is 0 Å². The number of fused-ring (bicyclic) bond motifs is 1. The van der Waals surface area contributed by atoms with Crippen LogP contribution >= 0.6 is 27.3 Å². The van der Waals surface area contributed by atoms with E-state index >= 15 is 0 Å². The molecule has 8 heteroatoms. The summed E-state index contributed by atoms with van der Waals surface area (Å²) in [6, 6.07) is 29.8. The van der Waals surface area contributed by atoms with Gasteiger partial charge in [-0.25, -0.2) is 4.99 Å². The topological polar surface area (TPSA) is 76.6 Å². The van der Waals surface area contributed by atoms with Crippen molar-refractivity contribution in [2.75, 3.05) is 5.32 Å². The summed E-state index contributed by atoms with van der Waals surface area (Å²) in [6.07, 6.45) is 1.73. The van der Waals surface area contributed by atoms with Crippen molar-refractivity contribution in [3.63, 3.8) is 0 Å². The standard InChI is InChI=1S/C31H22BrN3O3S/c1-19-27(29(36)34-23-10-6-3-7-11-23)28(21-8-4-2-5-9-21)35-30(37)26(39-31(35)33-19)18-24-16-17-25(38-24)20-12-14-22(32)15-13-20/h2-18,28H,1H3,(H,34,36)/b26-18+. The monoisotopic (exact) mass is 595 g/mol. The van der Waals surface area contributed by atoms with Gasteiger partial charge >= 0.3 is 0 Å². The SMILES string of the molecule is CC1=C(C(=O)Nc2ccccc2)C(c2ccccc2)n2c(s/c(=C/c3ccc(-c4ccc(Br)cc4)o3)c2=O)=N1. The number of carbonyl (C=O) groups excluding carboxylic acids is 1. The Kier molecular flexibility index (Phi) is 6.72. The first-order chi connectivity index (χ1) is 19.0. The molecule has 1 N–H and O–H groups in total. The minimum atomic E-state index is -0.622. The summed E-state index contributed by atoms with van der Waals surface area (Å²) in [7, 11) is 0. The number of thiazole rings is 1. The molecule has 0 radical (unpaired) electrons. The molecular weight excluding hydrogens is 574 g/mol. The Morgan fingerprint density at radius 2 is 1.67 bits per heavy atom. The van der Waals surface area contributed by atoms with Gasteiger partial charge in [0.25, 0.3) is 11.5 Å². The Labute approximate surface area is 236 Å². The number of hydrogen-bond donors (Lipinski definition) is 1. The van der Waals surface area contributed by atoms with Crippen molar-refractivity contribution in [3.05, 3.63) is 144 Å². The largest absolute Gasteiger partial charge is 0.457 e.